The number of amides is 1. The maximum absolute atomic E-state index is 13.0. The number of likely N-dealkylation sites (tertiary alicyclic amines) is 1. The van der Waals surface area contributed by atoms with Crippen LogP contribution in [-0.2, 0) is 17.6 Å². The second-order valence-electron chi connectivity index (χ2n) is 8.62. The van der Waals surface area contributed by atoms with Crippen molar-refractivity contribution in [1.82, 2.24) is 15.0 Å². The molecule has 2 unspecified atom stereocenters. The largest absolute Gasteiger partial charge is 0.415 e. The van der Waals surface area contributed by atoms with Crippen molar-refractivity contribution in [2.45, 2.75) is 37.5 Å². The van der Waals surface area contributed by atoms with Crippen LogP contribution in [0.15, 0.2) is 58.2 Å². The Balaban J connectivity index is 1.54. The second-order valence-corrected chi connectivity index (χ2v) is 8.62. The fourth-order valence-electron chi connectivity index (χ4n) is 4.24. The van der Waals surface area contributed by atoms with Crippen LogP contribution in [-0.4, -0.2) is 54.4 Å². The van der Waals surface area contributed by atoms with Gasteiger partial charge in [0.15, 0.2) is 5.82 Å². The van der Waals surface area contributed by atoms with E-state index in [0.29, 0.717) is 49.8 Å². The molecular formula is C25H26F2N4O5. The topological polar surface area (TPSA) is 107 Å². The summed E-state index contributed by atoms with van der Waals surface area (Å²) >= 11 is 0. The van der Waals surface area contributed by atoms with Gasteiger partial charge in [0, 0.05) is 39.0 Å². The van der Waals surface area contributed by atoms with Gasteiger partial charge in [0.2, 0.25) is 12.3 Å². The number of carbonyl (C=O) groups excluding carboxylic acids is 1. The first-order valence-corrected chi connectivity index (χ1v) is 11.5. The predicted molar refractivity (Wildman–Crippen MR) is 126 cm³/mol. The molecule has 1 amide bonds. The van der Waals surface area contributed by atoms with Crippen molar-refractivity contribution in [3.05, 3.63) is 76.3 Å². The second kappa shape index (κ2) is 11.8. The molecule has 11 heteroatoms. The van der Waals surface area contributed by atoms with E-state index in [0.717, 1.165) is 5.56 Å². The van der Waals surface area contributed by atoms with E-state index in [1.54, 1.807) is 24.1 Å². The van der Waals surface area contributed by atoms with Gasteiger partial charge in [0.05, 0.1) is 12.5 Å². The average molecular weight is 501 g/mol. The maximum Gasteiger partial charge on any atom is 0.415 e. The molecule has 0 bridgehead atoms. The van der Waals surface area contributed by atoms with Gasteiger partial charge in [0.1, 0.15) is 11.4 Å². The molecule has 4 rings (SSSR count). The number of benzene rings is 2. The van der Waals surface area contributed by atoms with Gasteiger partial charge >= 0.3 is 6.09 Å². The molecule has 190 valence electrons. The number of alkyl halides is 2. The maximum atomic E-state index is 13.0. The van der Waals surface area contributed by atoms with E-state index in [1.165, 1.54) is 24.3 Å². The van der Waals surface area contributed by atoms with Crippen molar-refractivity contribution in [3.63, 3.8) is 0 Å². The van der Waals surface area contributed by atoms with Crippen LogP contribution in [0.3, 0.4) is 0 Å². The van der Waals surface area contributed by atoms with Crippen LogP contribution in [0.1, 0.15) is 41.1 Å². The molecular weight excluding hydrogens is 474 g/mol. The summed E-state index contributed by atoms with van der Waals surface area (Å²) in [7, 11) is 1.59. The average Bonchev–Trinajstić information content (AvgIpc) is 3.37. The number of hydrogen-bond acceptors (Lipinski definition) is 8. The summed E-state index contributed by atoms with van der Waals surface area (Å²) in [6.45, 7) is 1.12. The summed E-state index contributed by atoms with van der Waals surface area (Å²) in [5, 5.41) is 6.85. The molecule has 1 aliphatic rings. The Bertz CT molecular complexity index is 1150. The standard InChI is InChI=1S/C25H26F2N4O5/c1-34-11-10-23-28-24(36-30-23)19-13-18(17-4-2-16(3-5-17)12-22(26)27)14-31(15-19)25(32)35-21-8-6-20(29-33)7-9-21/h2-9,18-19,22H,10-15H2,1H3. The highest BCUT2D eigenvalue weighted by molar-refractivity contribution is 5.71. The molecule has 0 aliphatic carbocycles. The fraction of sp³-hybridized carbons (Fsp3) is 0.400. The Kier molecular flexibility index (Phi) is 8.32. The number of piperidine rings is 1. The van der Waals surface area contributed by atoms with Gasteiger partial charge in [0.25, 0.3) is 0 Å². The molecule has 36 heavy (non-hydrogen) atoms. The first kappa shape index (κ1) is 25.4. The Morgan fingerprint density at radius 1 is 1.14 bits per heavy atom. The molecule has 3 aromatic rings. The van der Waals surface area contributed by atoms with E-state index in [-0.39, 0.29) is 29.7 Å². The Labute approximate surface area is 206 Å². The lowest BCUT2D eigenvalue weighted by Crippen LogP contribution is -2.44. The first-order valence-electron chi connectivity index (χ1n) is 11.5. The highest BCUT2D eigenvalue weighted by Crippen LogP contribution is 2.36. The van der Waals surface area contributed by atoms with E-state index in [9.17, 15) is 18.5 Å². The van der Waals surface area contributed by atoms with Gasteiger partial charge in [-0.15, -0.1) is 4.91 Å². The molecule has 2 heterocycles. The molecule has 1 aliphatic heterocycles. The van der Waals surface area contributed by atoms with Crippen molar-refractivity contribution in [1.29, 1.82) is 0 Å². The normalized spacial score (nSPS) is 17.8. The summed E-state index contributed by atoms with van der Waals surface area (Å²) < 4.78 is 41.6. The summed E-state index contributed by atoms with van der Waals surface area (Å²) in [6, 6.07) is 12.9. The number of rotatable bonds is 9. The van der Waals surface area contributed by atoms with Gasteiger partial charge in [-0.05, 0) is 47.0 Å². The van der Waals surface area contributed by atoms with E-state index >= 15 is 0 Å². The molecule has 0 N–H and O–H groups in total. The summed E-state index contributed by atoms with van der Waals surface area (Å²) in [5.41, 5.74) is 1.69. The number of ether oxygens (including phenoxy) is 2. The lowest BCUT2D eigenvalue weighted by Gasteiger charge is -2.36. The van der Waals surface area contributed by atoms with Gasteiger partial charge < -0.3 is 18.9 Å². The zero-order chi connectivity index (χ0) is 25.5. The monoisotopic (exact) mass is 500 g/mol. The quantitative estimate of drug-likeness (QED) is 0.370. The van der Waals surface area contributed by atoms with Crippen LogP contribution in [0.2, 0.25) is 0 Å². The van der Waals surface area contributed by atoms with Crippen LogP contribution >= 0.6 is 0 Å². The Hall–Kier alpha value is -3.73. The number of nitroso groups, excluding NO2 is 1. The van der Waals surface area contributed by atoms with Crippen LogP contribution in [0.4, 0.5) is 19.3 Å². The summed E-state index contributed by atoms with van der Waals surface area (Å²) in [6.07, 6.45) is -2.16. The number of hydrogen-bond donors (Lipinski definition) is 0. The third-order valence-electron chi connectivity index (χ3n) is 6.06. The van der Waals surface area contributed by atoms with E-state index in [2.05, 4.69) is 15.3 Å². The van der Waals surface area contributed by atoms with Crippen molar-refractivity contribution >= 4 is 11.8 Å². The minimum atomic E-state index is -2.42. The van der Waals surface area contributed by atoms with E-state index < -0.39 is 12.5 Å². The number of methoxy groups -OCH3 is 1. The molecule has 1 fully saturated rings. The first-order chi connectivity index (χ1) is 17.4. The Morgan fingerprint density at radius 3 is 2.53 bits per heavy atom. The van der Waals surface area contributed by atoms with Crippen LogP contribution in [0.5, 0.6) is 5.75 Å². The van der Waals surface area contributed by atoms with Crippen molar-refractivity contribution < 1.29 is 27.6 Å². The fourth-order valence-corrected chi connectivity index (χ4v) is 4.24. The number of aromatic nitrogens is 2. The van der Waals surface area contributed by atoms with Crippen molar-refractivity contribution in [3.8, 4) is 5.75 Å². The molecule has 2 atom stereocenters. The van der Waals surface area contributed by atoms with Gasteiger partial charge in [-0.1, -0.05) is 29.4 Å². The van der Waals surface area contributed by atoms with Gasteiger partial charge in [-0.2, -0.15) is 4.98 Å². The minimum Gasteiger partial charge on any atom is -0.410 e. The molecule has 0 radical (unpaired) electrons. The number of nitrogens with zero attached hydrogens (tertiary/aromatic N) is 4. The lowest BCUT2D eigenvalue weighted by molar-refractivity contribution is 0.125. The van der Waals surface area contributed by atoms with Crippen LogP contribution in [0.25, 0.3) is 0 Å². The van der Waals surface area contributed by atoms with Gasteiger partial charge in [-0.3, -0.25) is 0 Å². The lowest BCUT2D eigenvalue weighted by atomic mass is 9.84. The molecule has 9 nitrogen and oxygen atoms in total. The molecule has 2 aromatic carbocycles. The van der Waals surface area contributed by atoms with E-state index in [4.69, 9.17) is 14.0 Å². The Morgan fingerprint density at radius 2 is 1.86 bits per heavy atom. The molecule has 0 spiro atoms. The summed E-state index contributed by atoms with van der Waals surface area (Å²) in [5.74, 6) is 0.861. The number of halogens is 2. The van der Waals surface area contributed by atoms with Crippen molar-refractivity contribution in [2.75, 3.05) is 26.8 Å². The molecule has 1 aromatic heterocycles. The van der Waals surface area contributed by atoms with Gasteiger partial charge in [-0.25, -0.2) is 13.6 Å². The SMILES string of the molecule is COCCc1noc(C2CC(c3ccc(CC(F)F)cc3)CN(C(=O)Oc3ccc(N=O)cc3)C2)n1. The zero-order valence-corrected chi connectivity index (χ0v) is 19.7. The van der Waals surface area contributed by atoms with E-state index in [1.807, 2.05) is 12.1 Å². The molecule has 1 saturated heterocycles. The molecule has 0 saturated carbocycles. The summed E-state index contributed by atoms with van der Waals surface area (Å²) in [4.78, 5) is 29.7. The number of carbonyl (C=O) groups is 1. The van der Waals surface area contributed by atoms with Crippen LogP contribution < -0.4 is 4.74 Å². The third kappa shape index (κ3) is 6.48. The third-order valence-corrected chi connectivity index (χ3v) is 6.06. The highest BCUT2D eigenvalue weighted by Gasteiger charge is 2.35. The smallest absolute Gasteiger partial charge is 0.410 e. The highest BCUT2D eigenvalue weighted by atomic mass is 19.3. The van der Waals surface area contributed by atoms with Crippen molar-refractivity contribution in [2.24, 2.45) is 5.18 Å². The minimum absolute atomic E-state index is 0.104. The zero-order valence-electron chi connectivity index (χ0n) is 19.7. The van der Waals surface area contributed by atoms with Crippen LogP contribution in [0, 0.1) is 4.91 Å². The predicted octanol–water partition coefficient (Wildman–Crippen LogP) is 5.24.